The average molecular weight is 398 g/mol. The van der Waals surface area contributed by atoms with Gasteiger partial charge in [-0.2, -0.15) is 0 Å². The van der Waals surface area contributed by atoms with E-state index in [9.17, 15) is 4.79 Å². The number of rotatable bonds is 5. The van der Waals surface area contributed by atoms with Gasteiger partial charge < -0.3 is 15.3 Å². The number of nitrogens with two attached hydrogens (primary N) is 1. The molecule has 0 aromatic heterocycles. The highest BCUT2D eigenvalue weighted by Crippen LogP contribution is 2.21. The van der Waals surface area contributed by atoms with Crippen molar-refractivity contribution in [3.63, 3.8) is 0 Å². The molecule has 2 rings (SSSR count). The topological polar surface area (TPSA) is 73.9 Å². The van der Waals surface area contributed by atoms with Gasteiger partial charge in [-0.25, -0.2) is 4.79 Å². The van der Waals surface area contributed by atoms with E-state index in [-0.39, 0.29) is 12.4 Å². The number of benzene rings is 2. The Labute approximate surface area is 147 Å². The van der Waals surface area contributed by atoms with E-state index in [1.54, 1.807) is 30.3 Å². The molecule has 0 radical (unpaired) electrons. The molecule has 0 atom stereocenters. The molecule has 0 saturated heterocycles. The molecule has 0 bridgehead atoms. The predicted molar refractivity (Wildman–Crippen MR) is 92.6 cm³/mol. The van der Waals surface area contributed by atoms with Gasteiger partial charge in [0.2, 0.25) is 0 Å². The Morgan fingerprint density at radius 1 is 1.26 bits per heavy atom. The lowest BCUT2D eigenvalue weighted by Gasteiger charge is -2.07. The van der Waals surface area contributed by atoms with E-state index in [2.05, 4.69) is 21.1 Å². The van der Waals surface area contributed by atoms with Crippen LogP contribution in [0.5, 0.6) is 5.75 Å². The quantitative estimate of drug-likeness (QED) is 0.362. The molecule has 2 aromatic rings. The molecule has 7 heteroatoms. The van der Waals surface area contributed by atoms with Gasteiger partial charge in [0.1, 0.15) is 5.75 Å². The van der Waals surface area contributed by atoms with Crippen LogP contribution < -0.4 is 10.5 Å². The van der Waals surface area contributed by atoms with Crippen molar-refractivity contribution in [1.82, 2.24) is 0 Å². The van der Waals surface area contributed by atoms with Crippen molar-refractivity contribution < 1.29 is 14.4 Å². The summed E-state index contributed by atoms with van der Waals surface area (Å²) in [5, 5.41) is 4.20. The summed E-state index contributed by atoms with van der Waals surface area (Å²) >= 11 is 9.17. The van der Waals surface area contributed by atoms with Gasteiger partial charge in [-0.15, -0.1) is 0 Å². The Morgan fingerprint density at radius 2 is 1.96 bits per heavy atom. The zero-order valence-corrected chi connectivity index (χ0v) is 14.6. The van der Waals surface area contributed by atoms with Crippen LogP contribution in [0.2, 0.25) is 5.02 Å². The average Bonchev–Trinajstić information content (AvgIpc) is 2.52. The van der Waals surface area contributed by atoms with E-state index in [0.29, 0.717) is 16.3 Å². The first-order valence-electron chi connectivity index (χ1n) is 6.64. The maximum Gasteiger partial charge on any atom is 0.372 e. The highest BCUT2D eigenvalue weighted by atomic mass is 79.9. The van der Waals surface area contributed by atoms with Crippen molar-refractivity contribution in [2.24, 2.45) is 10.9 Å². The second-order valence-corrected chi connectivity index (χ2v) is 6.00. The second kappa shape index (κ2) is 7.99. The van der Waals surface area contributed by atoms with Gasteiger partial charge in [-0.3, -0.25) is 0 Å². The fraction of sp³-hybridized carbons (Fsp3) is 0.125. The fourth-order valence-electron chi connectivity index (χ4n) is 1.71. The molecule has 120 valence electrons. The highest BCUT2D eigenvalue weighted by Gasteiger charge is 2.08. The van der Waals surface area contributed by atoms with Gasteiger partial charge in [0.05, 0.1) is 0 Å². The minimum Gasteiger partial charge on any atom is -0.482 e. The number of carbonyl (C=O) groups is 1. The molecule has 0 unspecified atom stereocenters. The van der Waals surface area contributed by atoms with Crippen LogP contribution in [0.25, 0.3) is 0 Å². The lowest BCUT2D eigenvalue weighted by molar-refractivity contribution is -0.146. The van der Waals surface area contributed by atoms with Crippen molar-refractivity contribution >= 4 is 39.3 Å². The molecule has 0 aliphatic rings. The normalized spacial score (nSPS) is 11.2. The highest BCUT2D eigenvalue weighted by molar-refractivity contribution is 9.10. The summed E-state index contributed by atoms with van der Waals surface area (Å²) in [5.41, 5.74) is 7.21. The van der Waals surface area contributed by atoms with Crippen LogP contribution in [0.15, 0.2) is 52.1 Å². The van der Waals surface area contributed by atoms with Crippen LogP contribution in [0.1, 0.15) is 11.1 Å². The molecule has 2 aromatic carbocycles. The van der Waals surface area contributed by atoms with Crippen molar-refractivity contribution in [1.29, 1.82) is 0 Å². The number of nitrogens with zero attached hydrogens (tertiary/aromatic N) is 1. The number of aryl methyl sites for hydroxylation is 1. The summed E-state index contributed by atoms with van der Waals surface area (Å²) in [7, 11) is 0. The monoisotopic (exact) mass is 396 g/mol. The smallest absolute Gasteiger partial charge is 0.372 e. The zero-order valence-electron chi connectivity index (χ0n) is 12.3. The number of oxime groups is 1. The zero-order chi connectivity index (χ0) is 16.8. The van der Waals surface area contributed by atoms with Crippen molar-refractivity contribution in [3.05, 3.63) is 63.1 Å². The van der Waals surface area contributed by atoms with Gasteiger partial charge in [-0.1, -0.05) is 44.8 Å². The molecule has 5 nitrogen and oxygen atoms in total. The molecule has 0 aliphatic heterocycles. The van der Waals surface area contributed by atoms with Crippen LogP contribution in [0.4, 0.5) is 0 Å². The molecule has 0 aliphatic carbocycles. The minimum absolute atomic E-state index is 0.105. The number of amidine groups is 1. The minimum atomic E-state index is -0.653. The second-order valence-electron chi connectivity index (χ2n) is 4.65. The Hall–Kier alpha value is -2.05. The lowest BCUT2D eigenvalue weighted by Crippen LogP contribution is -2.18. The van der Waals surface area contributed by atoms with Crippen LogP contribution in [0.3, 0.4) is 0 Å². The summed E-state index contributed by atoms with van der Waals surface area (Å²) in [6.45, 7) is 1.55. The predicted octanol–water partition coefficient (Wildman–Crippen LogP) is 3.65. The van der Waals surface area contributed by atoms with Gasteiger partial charge >= 0.3 is 5.97 Å². The number of hydrogen-bond acceptors (Lipinski definition) is 4. The summed E-state index contributed by atoms with van der Waals surface area (Å²) in [4.78, 5) is 16.4. The van der Waals surface area contributed by atoms with Crippen molar-refractivity contribution in [2.45, 2.75) is 6.92 Å². The van der Waals surface area contributed by atoms with E-state index in [0.717, 1.165) is 10.0 Å². The van der Waals surface area contributed by atoms with E-state index in [1.165, 1.54) is 0 Å². The molecule has 0 heterocycles. The Bertz CT molecular complexity index is 733. The molecule has 0 fully saturated rings. The molecule has 0 spiro atoms. The molecule has 0 amide bonds. The first-order chi connectivity index (χ1) is 11.0. The number of halogens is 2. The van der Waals surface area contributed by atoms with E-state index in [1.807, 2.05) is 19.1 Å². The maximum atomic E-state index is 11.6. The first-order valence-corrected chi connectivity index (χ1v) is 7.81. The summed E-state index contributed by atoms with van der Waals surface area (Å²) in [5.74, 6) is 0.00384. The first kappa shape index (κ1) is 17.3. The van der Waals surface area contributed by atoms with E-state index in [4.69, 9.17) is 26.9 Å². The van der Waals surface area contributed by atoms with Crippen LogP contribution >= 0.6 is 27.5 Å². The van der Waals surface area contributed by atoms with Gasteiger partial charge in [0.25, 0.3) is 0 Å². The van der Waals surface area contributed by atoms with E-state index >= 15 is 0 Å². The third kappa shape index (κ3) is 5.26. The van der Waals surface area contributed by atoms with Gasteiger partial charge in [-0.05, 0) is 42.8 Å². The summed E-state index contributed by atoms with van der Waals surface area (Å²) < 4.78 is 6.27. The van der Waals surface area contributed by atoms with Crippen LogP contribution in [-0.2, 0) is 9.63 Å². The number of hydrogen-bond donors (Lipinski definition) is 1. The fourth-order valence-corrected chi connectivity index (χ4v) is 2.20. The Kier molecular flexibility index (Phi) is 6.01. The molecule has 0 saturated carbocycles. The molecule has 2 N–H and O–H groups in total. The maximum absolute atomic E-state index is 11.6. The van der Waals surface area contributed by atoms with Crippen LogP contribution in [0, 0.1) is 6.92 Å². The Balaban J connectivity index is 1.89. The lowest BCUT2D eigenvalue weighted by atomic mass is 10.2. The number of ether oxygens (including phenoxy) is 1. The van der Waals surface area contributed by atoms with Crippen molar-refractivity contribution in [2.75, 3.05) is 6.61 Å². The molecular weight excluding hydrogens is 384 g/mol. The Morgan fingerprint density at radius 3 is 2.61 bits per heavy atom. The molecule has 23 heavy (non-hydrogen) atoms. The van der Waals surface area contributed by atoms with E-state index < -0.39 is 5.97 Å². The standard InChI is InChI=1S/C16H14BrClN2O3/c1-10-8-13(18)6-7-14(10)22-9-15(21)23-20-16(19)11-2-4-12(17)5-3-11/h2-8H,9H2,1H3,(H2,19,20). The largest absolute Gasteiger partial charge is 0.482 e. The van der Waals surface area contributed by atoms with Crippen LogP contribution in [-0.4, -0.2) is 18.4 Å². The van der Waals surface area contributed by atoms with Crippen molar-refractivity contribution in [3.8, 4) is 5.75 Å². The molecular formula is C16H14BrClN2O3. The number of carbonyl (C=O) groups excluding carboxylic acids is 1. The third-order valence-electron chi connectivity index (χ3n) is 2.87. The van der Waals surface area contributed by atoms with Gasteiger partial charge in [0.15, 0.2) is 12.4 Å². The SMILES string of the molecule is Cc1cc(Cl)ccc1OCC(=O)O/N=C(\N)c1ccc(Br)cc1. The van der Waals surface area contributed by atoms with Gasteiger partial charge in [0, 0.05) is 15.1 Å². The third-order valence-corrected chi connectivity index (χ3v) is 3.63. The summed E-state index contributed by atoms with van der Waals surface area (Å²) in [6, 6.07) is 12.2. The summed E-state index contributed by atoms with van der Waals surface area (Å²) in [6.07, 6.45) is 0.